The SMILES string of the molecule is c1csc(CNC23CNCCNCC(NCc4cccs4)(CNCCNC2)CNCCNC3)c1. The maximum Gasteiger partial charge on any atom is 0.0561 e. The Labute approximate surface area is 212 Å². The zero-order chi connectivity index (χ0) is 23.4. The highest BCUT2D eigenvalue weighted by Crippen LogP contribution is 2.12. The lowest BCUT2D eigenvalue weighted by molar-refractivity contribution is 0.253. The molecular formula is C24H42N8S2. The first-order chi connectivity index (χ1) is 16.8. The van der Waals surface area contributed by atoms with Crippen molar-refractivity contribution < 1.29 is 0 Å². The van der Waals surface area contributed by atoms with Crippen LogP contribution in [0.5, 0.6) is 0 Å². The average molecular weight is 507 g/mol. The van der Waals surface area contributed by atoms with Crippen molar-refractivity contribution in [2.45, 2.75) is 24.2 Å². The van der Waals surface area contributed by atoms with Gasteiger partial charge in [0, 0.05) is 101 Å². The molecule has 8 nitrogen and oxygen atoms in total. The van der Waals surface area contributed by atoms with Gasteiger partial charge in [-0.3, -0.25) is 0 Å². The van der Waals surface area contributed by atoms with Gasteiger partial charge < -0.3 is 42.5 Å². The monoisotopic (exact) mass is 506 g/mol. The number of thiophene rings is 2. The van der Waals surface area contributed by atoms with Crippen LogP contribution < -0.4 is 42.5 Å². The van der Waals surface area contributed by atoms with Gasteiger partial charge in [-0.05, 0) is 22.9 Å². The van der Waals surface area contributed by atoms with E-state index in [1.165, 1.54) is 9.75 Å². The molecule has 3 fully saturated rings. The molecule has 0 unspecified atom stereocenters. The zero-order valence-electron chi connectivity index (χ0n) is 20.2. The Bertz CT molecular complexity index is 673. The third-order valence-electron chi connectivity index (χ3n) is 6.65. The maximum absolute atomic E-state index is 3.89. The smallest absolute Gasteiger partial charge is 0.0561 e. The van der Waals surface area contributed by atoms with Gasteiger partial charge in [0.2, 0.25) is 0 Å². The van der Waals surface area contributed by atoms with E-state index in [2.05, 4.69) is 77.6 Å². The van der Waals surface area contributed by atoms with Crippen LogP contribution >= 0.6 is 22.7 Å². The van der Waals surface area contributed by atoms with E-state index in [4.69, 9.17) is 0 Å². The van der Waals surface area contributed by atoms with Crippen LogP contribution in [0.1, 0.15) is 9.75 Å². The van der Waals surface area contributed by atoms with E-state index < -0.39 is 0 Å². The lowest BCUT2D eigenvalue weighted by Gasteiger charge is -2.39. The number of nitrogens with one attached hydrogen (secondary N) is 8. The van der Waals surface area contributed by atoms with Crippen molar-refractivity contribution in [3.63, 3.8) is 0 Å². The van der Waals surface area contributed by atoms with Crippen molar-refractivity contribution in [3.8, 4) is 0 Å². The van der Waals surface area contributed by atoms with Crippen LogP contribution in [0.25, 0.3) is 0 Å². The fraction of sp³-hybridized carbons (Fsp3) is 0.667. The molecule has 10 heteroatoms. The van der Waals surface area contributed by atoms with Crippen molar-refractivity contribution in [3.05, 3.63) is 44.8 Å². The van der Waals surface area contributed by atoms with Gasteiger partial charge in [-0.15, -0.1) is 22.7 Å². The highest BCUT2D eigenvalue weighted by atomic mass is 32.1. The topological polar surface area (TPSA) is 96.2 Å². The second kappa shape index (κ2) is 14.0. The third kappa shape index (κ3) is 8.34. The second-order valence-corrected chi connectivity index (χ2v) is 11.6. The van der Waals surface area contributed by atoms with Crippen molar-refractivity contribution >= 4 is 22.7 Å². The van der Waals surface area contributed by atoms with Gasteiger partial charge in [-0.2, -0.15) is 0 Å². The van der Waals surface area contributed by atoms with Crippen LogP contribution in [0.2, 0.25) is 0 Å². The Balaban J connectivity index is 1.43. The summed E-state index contributed by atoms with van der Waals surface area (Å²) in [5.41, 5.74) is -0.103. The molecule has 3 aliphatic heterocycles. The molecule has 0 atom stereocenters. The molecule has 0 amide bonds. The highest BCUT2D eigenvalue weighted by molar-refractivity contribution is 7.10. The van der Waals surface area contributed by atoms with Gasteiger partial charge in [-0.25, -0.2) is 0 Å². The van der Waals surface area contributed by atoms with Gasteiger partial charge in [0.15, 0.2) is 0 Å². The van der Waals surface area contributed by atoms with E-state index in [0.717, 1.165) is 91.6 Å². The van der Waals surface area contributed by atoms with E-state index in [1.54, 1.807) is 0 Å². The summed E-state index contributed by atoms with van der Waals surface area (Å²) in [7, 11) is 0. The van der Waals surface area contributed by atoms with E-state index in [0.29, 0.717) is 0 Å². The first kappa shape index (κ1) is 26.2. The molecule has 34 heavy (non-hydrogen) atoms. The summed E-state index contributed by atoms with van der Waals surface area (Å²) in [5.74, 6) is 0. The summed E-state index contributed by atoms with van der Waals surface area (Å²) in [6, 6.07) is 8.69. The van der Waals surface area contributed by atoms with Crippen LogP contribution in [-0.2, 0) is 13.1 Å². The maximum atomic E-state index is 3.89. The predicted molar refractivity (Wildman–Crippen MR) is 145 cm³/mol. The van der Waals surface area contributed by atoms with E-state index in [1.807, 2.05) is 22.7 Å². The quantitative estimate of drug-likeness (QED) is 0.271. The summed E-state index contributed by atoms with van der Waals surface area (Å²) in [4.78, 5) is 2.76. The minimum absolute atomic E-state index is 0.0513. The molecule has 3 saturated heterocycles. The molecule has 5 rings (SSSR count). The summed E-state index contributed by atoms with van der Waals surface area (Å²) in [6.45, 7) is 13.0. The molecule has 0 aromatic carbocycles. The Morgan fingerprint density at radius 3 is 1.15 bits per heavy atom. The van der Waals surface area contributed by atoms with E-state index in [-0.39, 0.29) is 11.1 Å². The van der Waals surface area contributed by atoms with Crippen LogP contribution in [0.3, 0.4) is 0 Å². The summed E-state index contributed by atoms with van der Waals surface area (Å²) < 4.78 is 0. The molecule has 2 bridgehead atoms. The molecule has 2 aromatic heterocycles. The van der Waals surface area contributed by atoms with Gasteiger partial charge >= 0.3 is 0 Å². The van der Waals surface area contributed by atoms with Gasteiger partial charge in [0.1, 0.15) is 0 Å². The molecule has 8 N–H and O–H groups in total. The second-order valence-electron chi connectivity index (χ2n) is 9.49. The molecule has 190 valence electrons. The Morgan fingerprint density at radius 2 is 0.882 bits per heavy atom. The molecule has 5 heterocycles. The molecule has 0 saturated carbocycles. The molecular weight excluding hydrogens is 464 g/mol. The lowest BCUT2D eigenvalue weighted by Crippen LogP contribution is -2.66. The summed E-state index contributed by atoms with van der Waals surface area (Å²) in [5, 5.41) is 34.5. The fourth-order valence-electron chi connectivity index (χ4n) is 4.62. The molecule has 2 aromatic rings. The Kier molecular flexibility index (Phi) is 10.8. The van der Waals surface area contributed by atoms with Gasteiger partial charge in [-0.1, -0.05) is 12.1 Å². The number of fused-ring (bicyclic) bond motifs is 15. The summed E-state index contributed by atoms with van der Waals surface area (Å²) in [6.07, 6.45) is 0. The number of hydrogen-bond donors (Lipinski definition) is 8. The lowest BCUT2D eigenvalue weighted by atomic mass is 9.97. The van der Waals surface area contributed by atoms with Crippen molar-refractivity contribution in [1.29, 1.82) is 0 Å². The van der Waals surface area contributed by atoms with Crippen molar-refractivity contribution in [2.24, 2.45) is 0 Å². The standard InChI is InChI=1S/C24H42N8S2/c1-3-21(33-11-1)13-31-23-15-25-5-8-28-18-24(19-29-9-6-26-16-23,20-30-10-7-27-17-23)32-14-22-4-2-12-34-22/h1-4,11-12,25-32H,5-10,13-20H2. The fourth-order valence-corrected chi connectivity index (χ4v) is 5.91. The van der Waals surface area contributed by atoms with Gasteiger partial charge in [0.25, 0.3) is 0 Å². The molecule has 3 aliphatic rings. The van der Waals surface area contributed by atoms with Gasteiger partial charge in [0.05, 0.1) is 11.1 Å². The number of rotatable bonds is 6. The zero-order valence-corrected chi connectivity index (χ0v) is 21.8. The third-order valence-corrected chi connectivity index (χ3v) is 8.40. The first-order valence-electron chi connectivity index (χ1n) is 12.6. The molecule has 0 aliphatic carbocycles. The molecule has 0 radical (unpaired) electrons. The van der Waals surface area contributed by atoms with Crippen LogP contribution in [0, 0.1) is 0 Å². The first-order valence-corrected chi connectivity index (χ1v) is 14.3. The van der Waals surface area contributed by atoms with Crippen molar-refractivity contribution in [2.75, 3.05) is 78.5 Å². The normalized spacial score (nSPS) is 28.4. The minimum Gasteiger partial charge on any atom is -0.314 e. The van der Waals surface area contributed by atoms with Crippen LogP contribution in [0.15, 0.2) is 35.0 Å². The number of hydrogen-bond acceptors (Lipinski definition) is 10. The molecule has 0 spiro atoms. The highest BCUT2D eigenvalue weighted by Gasteiger charge is 2.31. The Hall–Kier alpha value is -0.920. The van der Waals surface area contributed by atoms with Crippen LogP contribution in [-0.4, -0.2) is 89.6 Å². The van der Waals surface area contributed by atoms with Crippen LogP contribution in [0.4, 0.5) is 0 Å². The minimum atomic E-state index is -0.0513. The largest absolute Gasteiger partial charge is 0.314 e. The average Bonchev–Trinajstić information content (AvgIpc) is 3.56. The predicted octanol–water partition coefficient (Wildman–Crippen LogP) is -0.269. The van der Waals surface area contributed by atoms with E-state index >= 15 is 0 Å². The Morgan fingerprint density at radius 1 is 0.559 bits per heavy atom. The van der Waals surface area contributed by atoms with Crippen molar-refractivity contribution in [1.82, 2.24) is 42.5 Å². The summed E-state index contributed by atoms with van der Waals surface area (Å²) >= 11 is 3.64. The van der Waals surface area contributed by atoms with E-state index in [9.17, 15) is 0 Å².